The summed E-state index contributed by atoms with van der Waals surface area (Å²) >= 11 is 7.92. The van der Waals surface area contributed by atoms with Crippen LogP contribution < -0.4 is 5.32 Å². The smallest absolute Gasteiger partial charge is 0.263 e. The normalized spacial score (nSPS) is 19.3. The van der Waals surface area contributed by atoms with Crippen LogP contribution in [0.2, 0.25) is 0 Å². The van der Waals surface area contributed by atoms with Gasteiger partial charge in [0.1, 0.15) is 4.32 Å². The molecule has 1 aromatic heterocycles. The first-order valence-corrected chi connectivity index (χ1v) is 6.73. The summed E-state index contributed by atoms with van der Waals surface area (Å²) in [4.78, 5) is 13.3. The van der Waals surface area contributed by atoms with Crippen molar-refractivity contribution in [2.75, 3.05) is 0 Å². The van der Waals surface area contributed by atoms with Gasteiger partial charge in [-0.2, -0.15) is 0 Å². The third-order valence-corrected chi connectivity index (χ3v) is 4.20. The highest BCUT2D eigenvalue weighted by atomic mass is 32.2. The molecule has 0 aromatic carbocycles. The SMILES string of the molecule is CC(/C=C/c1cccs1)=C1/SC(=S)NC1=O. The second-order valence-corrected chi connectivity index (χ2v) is 5.87. The zero-order valence-electron chi connectivity index (χ0n) is 8.52. The van der Waals surface area contributed by atoms with Crippen LogP contribution in [-0.4, -0.2) is 10.2 Å². The summed E-state index contributed by atoms with van der Waals surface area (Å²) in [6.45, 7) is 1.92. The van der Waals surface area contributed by atoms with E-state index in [0.29, 0.717) is 9.23 Å². The lowest BCUT2D eigenvalue weighted by atomic mass is 10.2. The number of rotatable bonds is 2. The molecule has 1 saturated heterocycles. The molecule has 82 valence electrons. The van der Waals surface area contributed by atoms with Crippen molar-refractivity contribution in [2.24, 2.45) is 0 Å². The molecule has 2 heterocycles. The molecule has 0 saturated carbocycles. The van der Waals surface area contributed by atoms with E-state index in [1.54, 1.807) is 11.3 Å². The molecule has 1 N–H and O–H groups in total. The van der Waals surface area contributed by atoms with Crippen molar-refractivity contribution in [3.05, 3.63) is 38.9 Å². The monoisotopic (exact) mass is 267 g/mol. The molecule has 2 rings (SSSR count). The lowest BCUT2D eigenvalue weighted by Gasteiger charge is -1.95. The van der Waals surface area contributed by atoms with Gasteiger partial charge >= 0.3 is 0 Å². The molecule has 16 heavy (non-hydrogen) atoms. The maximum absolute atomic E-state index is 11.5. The number of thioether (sulfide) groups is 1. The van der Waals surface area contributed by atoms with Crippen molar-refractivity contribution in [2.45, 2.75) is 6.92 Å². The highest BCUT2D eigenvalue weighted by Crippen LogP contribution is 2.27. The number of amides is 1. The molecular weight excluding hydrogens is 258 g/mol. The van der Waals surface area contributed by atoms with Gasteiger partial charge in [0.05, 0.1) is 4.91 Å². The second kappa shape index (κ2) is 4.95. The molecule has 5 heteroatoms. The average Bonchev–Trinajstić information content (AvgIpc) is 2.84. The van der Waals surface area contributed by atoms with Crippen LogP contribution in [0.5, 0.6) is 0 Å². The summed E-state index contributed by atoms with van der Waals surface area (Å²) < 4.78 is 0.531. The van der Waals surface area contributed by atoms with Gasteiger partial charge in [0.25, 0.3) is 5.91 Å². The number of allylic oxidation sites excluding steroid dienone is 2. The standard InChI is InChI=1S/C11H9NOS3/c1-7(4-5-8-3-2-6-15-8)9-10(13)12-11(14)16-9/h2-6H,1H3,(H,12,13,14)/b5-4+,9-7-. The fourth-order valence-corrected chi connectivity index (χ4v) is 2.91. The third-order valence-electron chi connectivity index (χ3n) is 2.02. The Balaban J connectivity index is 2.19. The predicted molar refractivity (Wildman–Crippen MR) is 74.4 cm³/mol. The van der Waals surface area contributed by atoms with E-state index in [2.05, 4.69) is 5.32 Å². The van der Waals surface area contributed by atoms with E-state index in [4.69, 9.17) is 12.2 Å². The van der Waals surface area contributed by atoms with Gasteiger partial charge in [-0.1, -0.05) is 36.1 Å². The average molecular weight is 267 g/mol. The summed E-state index contributed by atoms with van der Waals surface area (Å²) in [5.41, 5.74) is 0.941. The van der Waals surface area contributed by atoms with Crippen LogP contribution >= 0.6 is 35.3 Å². The number of hydrogen-bond donors (Lipinski definition) is 1. The van der Waals surface area contributed by atoms with E-state index in [9.17, 15) is 4.79 Å². The first-order chi connectivity index (χ1) is 7.66. The molecule has 1 amide bonds. The summed E-state index contributed by atoms with van der Waals surface area (Å²) in [6, 6.07) is 4.03. The van der Waals surface area contributed by atoms with Crippen molar-refractivity contribution in [1.29, 1.82) is 0 Å². The van der Waals surface area contributed by atoms with Crippen molar-refractivity contribution in [3.8, 4) is 0 Å². The molecule has 0 unspecified atom stereocenters. The Labute approximate surface area is 107 Å². The van der Waals surface area contributed by atoms with Gasteiger partial charge in [0, 0.05) is 4.88 Å². The lowest BCUT2D eigenvalue weighted by molar-refractivity contribution is -0.115. The van der Waals surface area contributed by atoms with Gasteiger partial charge < -0.3 is 5.32 Å². The molecule has 0 spiro atoms. The number of hydrogen-bond acceptors (Lipinski definition) is 4. The highest BCUT2D eigenvalue weighted by Gasteiger charge is 2.23. The summed E-state index contributed by atoms with van der Waals surface area (Å²) in [5, 5.41) is 4.63. The van der Waals surface area contributed by atoms with E-state index < -0.39 is 0 Å². The molecule has 0 atom stereocenters. The van der Waals surface area contributed by atoms with Crippen LogP contribution in [0.25, 0.3) is 6.08 Å². The fraction of sp³-hybridized carbons (Fsp3) is 0.0909. The lowest BCUT2D eigenvalue weighted by Crippen LogP contribution is -2.18. The number of nitrogens with one attached hydrogen (secondary N) is 1. The zero-order valence-corrected chi connectivity index (χ0v) is 11.0. The Kier molecular flexibility index (Phi) is 3.58. The first kappa shape index (κ1) is 11.6. The van der Waals surface area contributed by atoms with E-state index in [0.717, 1.165) is 5.57 Å². The van der Waals surface area contributed by atoms with Crippen LogP contribution in [0.15, 0.2) is 34.1 Å². The Morgan fingerprint density at radius 2 is 2.38 bits per heavy atom. The Hall–Kier alpha value is -0.910. The number of thiophene rings is 1. The van der Waals surface area contributed by atoms with Crippen LogP contribution in [0.3, 0.4) is 0 Å². The van der Waals surface area contributed by atoms with Crippen molar-refractivity contribution in [1.82, 2.24) is 5.32 Å². The van der Waals surface area contributed by atoms with Crippen LogP contribution in [0.1, 0.15) is 11.8 Å². The fourth-order valence-electron chi connectivity index (χ4n) is 1.24. The minimum Gasteiger partial charge on any atom is -0.307 e. The number of carbonyl (C=O) groups is 1. The first-order valence-electron chi connectivity index (χ1n) is 4.62. The van der Waals surface area contributed by atoms with Gasteiger partial charge in [-0.3, -0.25) is 4.79 Å². The van der Waals surface area contributed by atoms with Crippen LogP contribution in [-0.2, 0) is 4.79 Å². The summed E-state index contributed by atoms with van der Waals surface area (Å²) in [5.74, 6) is -0.0941. The summed E-state index contributed by atoms with van der Waals surface area (Å²) in [6.07, 6.45) is 3.95. The molecule has 0 bridgehead atoms. The maximum atomic E-state index is 11.5. The number of thiocarbonyl (C=S) groups is 1. The Morgan fingerprint density at radius 1 is 1.56 bits per heavy atom. The second-order valence-electron chi connectivity index (χ2n) is 3.20. The molecule has 0 radical (unpaired) electrons. The van der Waals surface area contributed by atoms with Crippen molar-refractivity contribution < 1.29 is 4.79 Å². The molecule has 2 nitrogen and oxygen atoms in total. The van der Waals surface area contributed by atoms with Gasteiger partial charge in [-0.15, -0.1) is 11.3 Å². The maximum Gasteiger partial charge on any atom is 0.263 e. The molecule has 1 aromatic rings. The molecule has 0 aliphatic carbocycles. The molecular formula is C11H9NOS3. The zero-order chi connectivity index (χ0) is 11.5. The van der Waals surface area contributed by atoms with E-state index in [1.807, 2.05) is 36.6 Å². The van der Waals surface area contributed by atoms with Crippen LogP contribution in [0.4, 0.5) is 0 Å². The van der Waals surface area contributed by atoms with Gasteiger partial charge in [0.2, 0.25) is 0 Å². The van der Waals surface area contributed by atoms with Gasteiger partial charge in [-0.25, -0.2) is 0 Å². The number of carbonyl (C=O) groups excluding carboxylic acids is 1. The van der Waals surface area contributed by atoms with Crippen molar-refractivity contribution in [3.63, 3.8) is 0 Å². The molecule has 1 aliphatic heterocycles. The third kappa shape index (κ3) is 2.61. The highest BCUT2D eigenvalue weighted by molar-refractivity contribution is 8.26. The minimum absolute atomic E-state index is 0.0941. The Bertz CT molecular complexity index is 485. The molecule has 1 fully saturated rings. The minimum atomic E-state index is -0.0941. The quantitative estimate of drug-likeness (QED) is 0.659. The molecule has 1 aliphatic rings. The topological polar surface area (TPSA) is 29.1 Å². The Morgan fingerprint density at radius 3 is 2.94 bits per heavy atom. The van der Waals surface area contributed by atoms with Gasteiger partial charge in [-0.05, 0) is 30.0 Å². The summed E-state index contributed by atoms with van der Waals surface area (Å²) in [7, 11) is 0. The van der Waals surface area contributed by atoms with E-state index in [1.165, 1.54) is 16.6 Å². The van der Waals surface area contributed by atoms with E-state index >= 15 is 0 Å². The van der Waals surface area contributed by atoms with Crippen molar-refractivity contribution >= 4 is 51.6 Å². The predicted octanol–water partition coefficient (Wildman–Crippen LogP) is 3.18. The van der Waals surface area contributed by atoms with Gasteiger partial charge in [0.15, 0.2) is 0 Å². The van der Waals surface area contributed by atoms with Crippen LogP contribution in [0, 0.1) is 0 Å². The van der Waals surface area contributed by atoms with E-state index in [-0.39, 0.29) is 5.91 Å². The largest absolute Gasteiger partial charge is 0.307 e.